The van der Waals surface area contributed by atoms with Crippen LogP contribution in [0, 0.1) is 0 Å². The second-order valence-electron chi connectivity index (χ2n) is 1.92. The van der Waals surface area contributed by atoms with Gasteiger partial charge in [-0.15, -0.1) is 0 Å². The van der Waals surface area contributed by atoms with Crippen molar-refractivity contribution in [3.8, 4) is 0 Å². The quantitative estimate of drug-likeness (QED) is 0.627. The topological polar surface area (TPSA) is 43.4 Å². The summed E-state index contributed by atoms with van der Waals surface area (Å²) in [6.07, 6.45) is -0.390. The van der Waals surface area contributed by atoms with Crippen molar-refractivity contribution < 1.29 is 14.3 Å². The Morgan fingerprint density at radius 1 is 1.45 bits per heavy atom. The molecule has 0 saturated heterocycles. The van der Waals surface area contributed by atoms with Crippen molar-refractivity contribution in [1.29, 1.82) is 0 Å². The zero-order valence-electron chi connectivity index (χ0n) is 5.97. The Hall–Kier alpha value is -0.120. The minimum atomic E-state index is -0.723. The fourth-order valence-corrected chi connectivity index (χ4v) is 0.876. The normalized spacial score (nSPS) is 12.6. The maximum absolute atomic E-state index is 10.5. The fraction of sp³-hybridized carbons (Fsp3) is 0.667. The number of carbonyl (C=O) groups excluding carboxylic acids is 2. The number of halogens is 2. The third-order valence-electron chi connectivity index (χ3n) is 1.14. The molecule has 0 aromatic carbocycles. The molecule has 0 aliphatic carbocycles. The van der Waals surface area contributed by atoms with Gasteiger partial charge < -0.3 is 4.74 Å². The zero-order chi connectivity index (χ0) is 8.85. The Balaban J connectivity index is 3.70. The van der Waals surface area contributed by atoms with Gasteiger partial charge in [-0.25, -0.2) is 0 Å². The number of methoxy groups -OCH3 is 1. The SMILES string of the molecule is COC(CCC(=O)Cl)C(=O)Cl. The highest BCUT2D eigenvalue weighted by Gasteiger charge is 2.15. The summed E-state index contributed by atoms with van der Waals surface area (Å²) in [5.74, 6) is 0. The van der Waals surface area contributed by atoms with E-state index in [4.69, 9.17) is 23.2 Å². The highest BCUT2D eigenvalue weighted by molar-refractivity contribution is 6.65. The predicted octanol–water partition coefficient (Wildman–Crippen LogP) is 1.31. The van der Waals surface area contributed by atoms with Crippen LogP contribution in [0.3, 0.4) is 0 Å². The lowest BCUT2D eigenvalue weighted by Crippen LogP contribution is -2.18. The highest BCUT2D eigenvalue weighted by Crippen LogP contribution is 2.06. The van der Waals surface area contributed by atoms with E-state index in [0.717, 1.165) is 0 Å². The Morgan fingerprint density at radius 2 is 2.00 bits per heavy atom. The summed E-state index contributed by atoms with van der Waals surface area (Å²) in [6, 6.07) is 0. The second-order valence-corrected chi connectivity index (χ2v) is 2.72. The minimum absolute atomic E-state index is 0.0958. The van der Waals surface area contributed by atoms with Crippen molar-refractivity contribution in [3.05, 3.63) is 0 Å². The van der Waals surface area contributed by atoms with Crippen LogP contribution < -0.4 is 0 Å². The largest absolute Gasteiger partial charge is 0.372 e. The first-order valence-corrected chi connectivity index (χ1v) is 3.74. The molecule has 0 fully saturated rings. The first kappa shape index (κ1) is 10.9. The van der Waals surface area contributed by atoms with Crippen LogP contribution in [0.1, 0.15) is 12.8 Å². The monoisotopic (exact) mass is 198 g/mol. The first-order valence-electron chi connectivity index (χ1n) is 2.98. The van der Waals surface area contributed by atoms with Crippen LogP contribution in [-0.2, 0) is 14.3 Å². The van der Waals surface area contributed by atoms with Gasteiger partial charge in [0.1, 0.15) is 6.10 Å². The molecule has 0 aliphatic heterocycles. The van der Waals surface area contributed by atoms with E-state index < -0.39 is 16.6 Å². The Morgan fingerprint density at radius 3 is 2.27 bits per heavy atom. The summed E-state index contributed by atoms with van der Waals surface area (Å²) in [6.45, 7) is 0. The van der Waals surface area contributed by atoms with Crippen LogP contribution >= 0.6 is 23.2 Å². The van der Waals surface area contributed by atoms with Crippen LogP contribution in [0.5, 0.6) is 0 Å². The molecular formula is C6H8Cl2O3. The molecule has 1 atom stereocenters. The van der Waals surface area contributed by atoms with E-state index in [1.165, 1.54) is 7.11 Å². The van der Waals surface area contributed by atoms with Crippen molar-refractivity contribution >= 4 is 33.7 Å². The maximum atomic E-state index is 10.5. The molecule has 0 bridgehead atoms. The first-order chi connectivity index (χ1) is 5.07. The third-order valence-corrected chi connectivity index (χ3v) is 1.57. The van der Waals surface area contributed by atoms with Crippen molar-refractivity contribution in [1.82, 2.24) is 0 Å². The van der Waals surface area contributed by atoms with Gasteiger partial charge in [0.2, 0.25) is 10.5 Å². The Bertz CT molecular complexity index is 158. The van der Waals surface area contributed by atoms with E-state index in [2.05, 4.69) is 4.74 Å². The summed E-state index contributed by atoms with van der Waals surface area (Å²) >= 11 is 10.1. The molecule has 1 unspecified atom stereocenters. The van der Waals surface area contributed by atoms with E-state index >= 15 is 0 Å². The molecule has 0 radical (unpaired) electrons. The van der Waals surface area contributed by atoms with E-state index in [-0.39, 0.29) is 12.8 Å². The van der Waals surface area contributed by atoms with Crippen molar-refractivity contribution in [2.24, 2.45) is 0 Å². The number of carbonyl (C=O) groups is 2. The van der Waals surface area contributed by atoms with Crippen molar-refractivity contribution in [2.75, 3.05) is 7.11 Å². The summed E-state index contributed by atoms with van der Waals surface area (Å²) in [4.78, 5) is 20.7. The Kier molecular flexibility index (Phi) is 5.46. The predicted molar refractivity (Wildman–Crippen MR) is 41.8 cm³/mol. The maximum Gasteiger partial charge on any atom is 0.250 e. The number of hydrogen-bond donors (Lipinski definition) is 0. The van der Waals surface area contributed by atoms with Gasteiger partial charge in [-0.05, 0) is 29.6 Å². The van der Waals surface area contributed by atoms with Crippen molar-refractivity contribution in [3.63, 3.8) is 0 Å². The second kappa shape index (κ2) is 5.52. The molecule has 64 valence electrons. The van der Waals surface area contributed by atoms with E-state index in [0.29, 0.717) is 0 Å². The molecule has 0 aromatic heterocycles. The summed E-state index contributed by atoms with van der Waals surface area (Å²) in [7, 11) is 1.35. The molecule has 0 rings (SSSR count). The molecule has 11 heavy (non-hydrogen) atoms. The van der Waals surface area contributed by atoms with Crippen LogP contribution in [0.25, 0.3) is 0 Å². The molecule has 0 aromatic rings. The summed E-state index contributed by atoms with van der Waals surface area (Å²) in [5, 5.41) is -1.10. The van der Waals surface area contributed by atoms with Crippen LogP contribution in [0.15, 0.2) is 0 Å². The van der Waals surface area contributed by atoms with Crippen LogP contribution in [-0.4, -0.2) is 23.7 Å². The van der Waals surface area contributed by atoms with Crippen LogP contribution in [0.2, 0.25) is 0 Å². The van der Waals surface area contributed by atoms with Gasteiger partial charge in [-0.1, -0.05) is 0 Å². The minimum Gasteiger partial charge on any atom is -0.372 e. The fourth-order valence-electron chi connectivity index (χ4n) is 0.569. The lowest BCUT2D eigenvalue weighted by atomic mass is 10.2. The van der Waals surface area contributed by atoms with E-state index in [1.54, 1.807) is 0 Å². The van der Waals surface area contributed by atoms with Gasteiger partial charge in [0.15, 0.2) is 0 Å². The number of ether oxygens (including phenoxy) is 1. The summed E-state index contributed by atoms with van der Waals surface area (Å²) < 4.78 is 4.67. The Labute approximate surface area is 74.6 Å². The molecule has 5 heteroatoms. The standard InChI is InChI=1S/C6H8Cl2O3/c1-11-4(6(8)10)2-3-5(7)9/h4H,2-3H2,1H3. The average molecular weight is 199 g/mol. The smallest absolute Gasteiger partial charge is 0.250 e. The molecule has 3 nitrogen and oxygen atoms in total. The van der Waals surface area contributed by atoms with Crippen molar-refractivity contribution in [2.45, 2.75) is 18.9 Å². The zero-order valence-corrected chi connectivity index (χ0v) is 7.48. The van der Waals surface area contributed by atoms with Gasteiger partial charge in [0.25, 0.3) is 0 Å². The number of hydrogen-bond acceptors (Lipinski definition) is 3. The molecular weight excluding hydrogens is 191 g/mol. The lowest BCUT2D eigenvalue weighted by Gasteiger charge is -2.07. The number of rotatable bonds is 5. The molecule has 0 heterocycles. The average Bonchev–Trinajstić information content (AvgIpc) is 1.87. The lowest BCUT2D eigenvalue weighted by molar-refractivity contribution is -0.121. The summed E-state index contributed by atoms with van der Waals surface area (Å²) in [5.41, 5.74) is 0. The van der Waals surface area contributed by atoms with E-state index in [9.17, 15) is 9.59 Å². The van der Waals surface area contributed by atoms with Gasteiger partial charge in [0.05, 0.1) is 0 Å². The van der Waals surface area contributed by atoms with Gasteiger partial charge in [0, 0.05) is 13.5 Å². The van der Waals surface area contributed by atoms with Gasteiger partial charge in [-0.3, -0.25) is 9.59 Å². The third kappa shape index (κ3) is 5.18. The van der Waals surface area contributed by atoms with Gasteiger partial charge in [-0.2, -0.15) is 0 Å². The molecule has 0 aliphatic rings. The van der Waals surface area contributed by atoms with E-state index in [1.807, 2.05) is 0 Å². The molecule has 0 N–H and O–H groups in total. The molecule has 0 saturated carbocycles. The molecule has 0 spiro atoms. The van der Waals surface area contributed by atoms with Crippen LogP contribution in [0.4, 0.5) is 0 Å². The molecule has 0 amide bonds. The van der Waals surface area contributed by atoms with Gasteiger partial charge >= 0.3 is 0 Å². The highest BCUT2D eigenvalue weighted by atomic mass is 35.5.